The fourth-order valence-electron chi connectivity index (χ4n) is 3.84. The number of hydrogen-bond donors (Lipinski definition) is 0. The zero-order valence-corrected chi connectivity index (χ0v) is 21.8. The standard InChI is InChI=1S/C30H44N2O3/c1-3-5-6-7-8-9-10-11-14-17-29(33)35-28-24-31-30(32-25-28)27-20-18-26(19-21-27)16-13-12-15-23-34-22-4-2/h14,17-21,24-25H,3-13,15-16,22-23H2,1-2H3. The lowest BCUT2D eigenvalue weighted by Crippen LogP contribution is -2.04. The highest BCUT2D eigenvalue weighted by molar-refractivity contribution is 5.83. The summed E-state index contributed by atoms with van der Waals surface area (Å²) < 4.78 is 10.8. The van der Waals surface area contributed by atoms with Gasteiger partial charge in [0, 0.05) is 24.9 Å². The highest BCUT2D eigenvalue weighted by Crippen LogP contribution is 2.18. The van der Waals surface area contributed by atoms with Gasteiger partial charge in [-0.1, -0.05) is 89.1 Å². The summed E-state index contributed by atoms with van der Waals surface area (Å²) >= 11 is 0. The number of carbonyl (C=O) groups excluding carboxylic acids is 1. The third-order valence-corrected chi connectivity index (χ3v) is 5.89. The predicted octanol–water partition coefficient (Wildman–Crippen LogP) is 7.89. The maximum absolute atomic E-state index is 12.0. The zero-order valence-electron chi connectivity index (χ0n) is 21.8. The number of ether oxygens (including phenoxy) is 2. The van der Waals surface area contributed by atoms with Gasteiger partial charge in [-0.15, -0.1) is 0 Å². The van der Waals surface area contributed by atoms with Crippen LogP contribution in [-0.2, 0) is 16.0 Å². The third kappa shape index (κ3) is 13.2. The van der Waals surface area contributed by atoms with E-state index in [9.17, 15) is 4.79 Å². The summed E-state index contributed by atoms with van der Waals surface area (Å²) in [5.74, 6) is 0.600. The van der Waals surface area contributed by atoms with Crippen molar-refractivity contribution in [2.75, 3.05) is 13.2 Å². The summed E-state index contributed by atoms with van der Waals surface area (Å²) in [4.78, 5) is 20.7. The molecule has 0 bridgehead atoms. The number of allylic oxidation sites excluding steroid dienone is 1. The number of rotatable bonds is 19. The van der Waals surface area contributed by atoms with Crippen LogP contribution in [0.1, 0.15) is 96.5 Å². The lowest BCUT2D eigenvalue weighted by atomic mass is 10.0. The number of esters is 1. The molecule has 0 saturated heterocycles. The van der Waals surface area contributed by atoms with Crippen LogP contribution in [0.2, 0.25) is 0 Å². The van der Waals surface area contributed by atoms with Crippen molar-refractivity contribution in [1.29, 1.82) is 0 Å². The van der Waals surface area contributed by atoms with Gasteiger partial charge in [-0.3, -0.25) is 0 Å². The fourth-order valence-corrected chi connectivity index (χ4v) is 3.84. The molecule has 0 radical (unpaired) electrons. The molecule has 2 rings (SSSR count). The molecule has 192 valence electrons. The second-order valence-electron chi connectivity index (χ2n) is 9.10. The summed E-state index contributed by atoms with van der Waals surface area (Å²) in [6.45, 7) is 6.10. The quantitative estimate of drug-likeness (QED) is 0.116. The Hall–Kier alpha value is -2.53. The Morgan fingerprint density at radius 1 is 0.800 bits per heavy atom. The van der Waals surface area contributed by atoms with Gasteiger partial charge in [0.15, 0.2) is 11.6 Å². The number of aryl methyl sites for hydroxylation is 1. The summed E-state index contributed by atoms with van der Waals surface area (Å²) in [5, 5.41) is 0. The van der Waals surface area contributed by atoms with Gasteiger partial charge >= 0.3 is 5.97 Å². The van der Waals surface area contributed by atoms with Crippen LogP contribution in [0.5, 0.6) is 5.75 Å². The van der Waals surface area contributed by atoms with Crippen LogP contribution in [0.15, 0.2) is 48.8 Å². The van der Waals surface area contributed by atoms with Gasteiger partial charge < -0.3 is 9.47 Å². The molecule has 0 aliphatic carbocycles. The molecular weight excluding hydrogens is 436 g/mol. The molecule has 1 heterocycles. The second kappa shape index (κ2) is 18.8. The molecule has 1 aromatic heterocycles. The minimum Gasteiger partial charge on any atom is -0.420 e. The van der Waals surface area contributed by atoms with Gasteiger partial charge in [0.25, 0.3) is 0 Å². The number of carbonyl (C=O) groups is 1. The van der Waals surface area contributed by atoms with Crippen molar-refractivity contribution in [2.24, 2.45) is 0 Å². The van der Waals surface area contributed by atoms with Crippen LogP contribution < -0.4 is 4.74 Å². The highest BCUT2D eigenvalue weighted by atomic mass is 16.5. The zero-order chi connectivity index (χ0) is 25.0. The van der Waals surface area contributed by atoms with Crippen molar-refractivity contribution in [1.82, 2.24) is 9.97 Å². The molecule has 35 heavy (non-hydrogen) atoms. The Labute approximate surface area is 212 Å². The van der Waals surface area contributed by atoms with E-state index in [2.05, 4.69) is 35.9 Å². The molecule has 0 atom stereocenters. The van der Waals surface area contributed by atoms with E-state index in [1.165, 1.54) is 63.0 Å². The molecule has 2 aromatic rings. The largest absolute Gasteiger partial charge is 0.420 e. The average Bonchev–Trinajstić information content (AvgIpc) is 2.88. The molecule has 0 aliphatic rings. The first-order valence-corrected chi connectivity index (χ1v) is 13.6. The van der Waals surface area contributed by atoms with Crippen molar-refractivity contribution in [3.63, 3.8) is 0 Å². The third-order valence-electron chi connectivity index (χ3n) is 5.89. The van der Waals surface area contributed by atoms with E-state index in [1.807, 2.05) is 18.2 Å². The number of benzene rings is 1. The van der Waals surface area contributed by atoms with Crippen molar-refractivity contribution in [3.05, 3.63) is 54.4 Å². The van der Waals surface area contributed by atoms with Crippen LogP contribution in [0, 0.1) is 0 Å². The smallest absolute Gasteiger partial charge is 0.335 e. The Balaban J connectivity index is 1.66. The first-order chi connectivity index (χ1) is 17.2. The highest BCUT2D eigenvalue weighted by Gasteiger charge is 2.05. The minimum atomic E-state index is -0.384. The number of unbranched alkanes of at least 4 members (excludes halogenated alkanes) is 9. The molecule has 5 nitrogen and oxygen atoms in total. The molecule has 5 heteroatoms. The van der Waals surface area contributed by atoms with Gasteiger partial charge in [0.05, 0.1) is 12.4 Å². The van der Waals surface area contributed by atoms with Gasteiger partial charge in [-0.05, 0) is 44.1 Å². The first-order valence-electron chi connectivity index (χ1n) is 13.6. The molecule has 0 spiro atoms. The van der Waals surface area contributed by atoms with Gasteiger partial charge in [0.1, 0.15) is 0 Å². The summed E-state index contributed by atoms with van der Waals surface area (Å²) in [5.41, 5.74) is 2.27. The summed E-state index contributed by atoms with van der Waals surface area (Å²) in [6, 6.07) is 8.37. The number of aromatic nitrogens is 2. The van der Waals surface area contributed by atoms with Crippen molar-refractivity contribution >= 4 is 5.97 Å². The van der Waals surface area contributed by atoms with Gasteiger partial charge in [0.2, 0.25) is 0 Å². The van der Waals surface area contributed by atoms with E-state index in [-0.39, 0.29) is 5.97 Å². The SMILES string of the molecule is CCCCCCCCCC=CC(=O)Oc1cnc(-c2ccc(CCCCCOCCC)cc2)nc1. The second-order valence-corrected chi connectivity index (χ2v) is 9.10. The van der Waals surface area contributed by atoms with E-state index < -0.39 is 0 Å². The van der Waals surface area contributed by atoms with Crippen LogP contribution in [0.4, 0.5) is 0 Å². The minimum absolute atomic E-state index is 0.360. The number of hydrogen-bond acceptors (Lipinski definition) is 5. The molecular formula is C30H44N2O3. The lowest BCUT2D eigenvalue weighted by Gasteiger charge is -2.05. The van der Waals surface area contributed by atoms with E-state index in [0.29, 0.717) is 11.6 Å². The predicted molar refractivity (Wildman–Crippen MR) is 144 cm³/mol. The summed E-state index contributed by atoms with van der Waals surface area (Å²) in [7, 11) is 0. The molecule has 1 aromatic carbocycles. The maximum atomic E-state index is 12.0. The molecule has 0 aliphatic heterocycles. The molecule has 0 amide bonds. The van der Waals surface area contributed by atoms with Crippen molar-refractivity contribution in [2.45, 2.75) is 97.3 Å². The van der Waals surface area contributed by atoms with Gasteiger partial charge in [-0.2, -0.15) is 0 Å². The Kier molecular flexibility index (Phi) is 15.4. The van der Waals surface area contributed by atoms with Crippen LogP contribution >= 0.6 is 0 Å². The molecule has 0 N–H and O–H groups in total. The van der Waals surface area contributed by atoms with Crippen molar-refractivity contribution < 1.29 is 14.3 Å². The summed E-state index contributed by atoms with van der Waals surface area (Å²) in [6.07, 6.45) is 21.9. The van der Waals surface area contributed by atoms with E-state index in [0.717, 1.165) is 50.9 Å². The maximum Gasteiger partial charge on any atom is 0.335 e. The fraction of sp³-hybridized carbons (Fsp3) is 0.567. The topological polar surface area (TPSA) is 61.3 Å². The van der Waals surface area contributed by atoms with Gasteiger partial charge in [-0.25, -0.2) is 14.8 Å². The Morgan fingerprint density at radius 3 is 2.20 bits per heavy atom. The number of nitrogens with zero attached hydrogens (tertiary/aromatic N) is 2. The Bertz CT molecular complexity index is 832. The molecule has 0 saturated carbocycles. The van der Waals surface area contributed by atoms with Crippen LogP contribution in [0.3, 0.4) is 0 Å². The van der Waals surface area contributed by atoms with Crippen LogP contribution in [0.25, 0.3) is 11.4 Å². The lowest BCUT2D eigenvalue weighted by molar-refractivity contribution is -0.129. The average molecular weight is 481 g/mol. The van der Waals surface area contributed by atoms with Crippen molar-refractivity contribution in [3.8, 4) is 17.1 Å². The van der Waals surface area contributed by atoms with E-state index in [1.54, 1.807) is 12.4 Å². The monoisotopic (exact) mass is 480 g/mol. The first kappa shape index (κ1) is 28.7. The van der Waals surface area contributed by atoms with Crippen LogP contribution in [-0.4, -0.2) is 29.2 Å². The molecule has 0 unspecified atom stereocenters. The van der Waals surface area contributed by atoms with E-state index in [4.69, 9.17) is 9.47 Å². The Morgan fingerprint density at radius 2 is 1.49 bits per heavy atom. The van der Waals surface area contributed by atoms with E-state index >= 15 is 0 Å². The molecule has 0 fully saturated rings. The normalized spacial score (nSPS) is 11.3.